The molecule has 2 aliphatic rings. The van der Waals surface area contributed by atoms with Crippen molar-refractivity contribution in [3.63, 3.8) is 0 Å². The normalized spacial score (nSPS) is 28.0. The highest BCUT2D eigenvalue weighted by molar-refractivity contribution is 6.85. The van der Waals surface area contributed by atoms with Gasteiger partial charge < -0.3 is 4.12 Å². The van der Waals surface area contributed by atoms with Crippen molar-refractivity contribution in [1.29, 1.82) is 0 Å². The predicted octanol–water partition coefficient (Wildman–Crippen LogP) is 13.9. The summed E-state index contributed by atoms with van der Waals surface area (Å²) in [5, 5.41) is 0. The molecule has 0 radical (unpaired) electrons. The van der Waals surface area contributed by atoms with Crippen LogP contribution >= 0.6 is 0 Å². The summed E-state index contributed by atoms with van der Waals surface area (Å²) in [6.45, 7) is 15.1. The molecule has 0 N–H and O–H groups in total. The van der Waals surface area contributed by atoms with Gasteiger partial charge in [0, 0.05) is 0 Å². The van der Waals surface area contributed by atoms with Crippen molar-refractivity contribution in [1.82, 2.24) is 0 Å². The Hall–Kier alpha value is -0.126. The van der Waals surface area contributed by atoms with E-state index in [0.29, 0.717) is 0 Å². The first-order valence-corrected chi connectivity index (χ1v) is 25.0. The van der Waals surface area contributed by atoms with E-state index in [2.05, 4.69) is 52.2 Å². The lowest BCUT2D eigenvalue weighted by atomic mass is 9.98. The van der Waals surface area contributed by atoms with Gasteiger partial charge in [0.25, 0.3) is 0 Å². The average Bonchev–Trinajstić information content (AvgIpc) is 2.89. The van der Waals surface area contributed by atoms with Crippen molar-refractivity contribution in [2.75, 3.05) is 0 Å². The predicted molar refractivity (Wildman–Crippen MR) is 191 cm³/mol. The zero-order valence-electron chi connectivity index (χ0n) is 29.1. The molecule has 0 spiro atoms. The molecule has 0 fully saturated rings. The first-order chi connectivity index (χ1) is 19.7. The Labute approximate surface area is 261 Å². The summed E-state index contributed by atoms with van der Waals surface area (Å²) in [6, 6.07) is 2.51. The van der Waals surface area contributed by atoms with Gasteiger partial charge in [0.2, 0.25) is 0 Å². The van der Waals surface area contributed by atoms with E-state index in [9.17, 15) is 0 Å². The standard InChI is InChI=1S/C38H74OSi2/c1-35-27-23-19-15-11-7-9-13-17-21-25-29-37(31-35)33-40(3,4)39-41(5,6)34-38-30-26-22-18-14-10-8-12-16-20-24-28-36(2)32-38/h31-32,35-36H,7-30,33-34H2,1-6H3/b37-31-,38-32-. The summed E-state index contributed by atoms with van der Waals surface area (Å²) in [7, 11) is -3.56. The second-order valence-electron chi connectivity index (χ2n) is 15.7. The van der Waals surface area contributed by atoms with Crippen LogP contribution in [-0.2, 0) is 4.12 Å². The highest BCUT2D eigenvalue weighted by atomic mass is 28.4. The zero-order valence-corrected chi connectivity index (χ0v) is 31.1. The summed E-state index contributed by atoms with van der Waals surface area (Å²) >= 11 is 0. The van der Waals surface area contributed by atoms with Crippen molar-refractivity contribution >= 4 is 16.6 Å². The fraction of sp³-hybridized carbons (Fsp3) is 0.895. The zero-order chi connectivity index (χ0) is 29.8. The van der Waals surface area contributed by atoms with Crippen LogP contribution in [0.5, 0.6) is 0 Å². The molecule has 0 saturated carbocycles. The van der Waals surface area contributed by atoms with E-state index >= 15 is 0 Å². The number of rotatable bonds is 6. The topological polar surface area (TPSA) is 9.23 Å². The average molecular weight is 603 g/mol. The highest BCUT2D eigenvalue weighted by Gasteiger charge is 2.34. The molecule has 2 aliphatic carbocycles. The monoisotopic (exact) mass is 603 g/mol. The molecule has 0 aromatic carbocycles. The first-order valence-electron chi connectivity index (χ1n) is 18.7. The number of hydrogen-bond acceptors (Lipinski definition) is 1. The number of hydrogen-bond donors (Lipinski definition) is 0. The van der Waals surface area contributed by atoms with Crippen LogP contribution in [0.3, 0.4) is 0 Å². The highest BCUT2D eigenvalue weighted by Crippen LogP contribution is 2.32. The second-order valence-corrected chi connectivity index (χ2v) is 24.3. The maximum atomic E-state index is 7.35. The van der Waals surface area contributed by atoms with Gasteiger partial charge in [-0.3, -0.25) is 0 Å². The van der Waals surface area contributed by atoms with Gasteiger partial charge in [-0.2, -0.15) is 0 Å². The lowest BCUT2D eigenvalue weighted by Crippen LogP contribution is -2.44. The van der Waals surface area contributed by atoms with Crippen LogP contribution in [0, 0.1) is 11.8 Å². The molecule has 1 nitrogen and oxygen atoms in total. The van der Waals surface area contributed by atoms with Gasteiger partial charge in [-0.1, -0.05) is 153 Å². The van der Waals surface area contributed by atoms with Crippen LogP contribution in [0.1, 0.15) is 168 Å². The fourth-order valence-electron chi connectivity index (χ4n) is 7.81. The quantitative estimate of drug-likeness (QED) is 0.217. The van der Waals surface area contributed by atoms with Crippen LogP contribution < -0.4 is 0 Å². The lowest BCUT2D eigenvalue weighted by molar-refractivity contribution is 0.527. The molecule has 2 atom stereocenters. The van der Waals surface area contributed by atoms with Crippen LogP contribution in [0.4, 0.5) is 0 Å². The summed E-state index contributed by atoms with van der Waals surface area (Å²) < 4.78 is 7.35. The van der Waals surface area contributed by atoms with E-state index < -0.39 is 16.6 Å². The van der Waals surface area contributed by atoms with Gasteiger partial charge >= 0.3 is 0 Å². The molecule has 0 heterocycles. The lowest BCUT2D eigenvalue weighted by Gasteiger charge is -2.36. The van der Waals surface area contributed by atoms with E-state index in [1.807, 2.05) is 0 Å². The second kappa shape index (κ2) is 21.6. The minimum atomic E-state index is -1.78. The van der Waals surface area contributed by atoms with Gasteiger partial charge in [-0.05, 0) is 88.6 Å². The Morgan fingerprint density at radius 1 is 0.463 bits per heavy atom. The van der Waals surface area contributed by atoms with E-state index in [4.69, 9.17) is 4.12 Å². The Morgan fingerprint density at radius 3 is 1.05 bits per heavy atom. The van der Waals surface area contributed by atoms with E-state index in [1.165, 1.54) is 166 Å². The maximum Gasteiger partial charge on any atom is 0.177 e. The number of allylic oxidation sites excluding steroid dienone is 4. The molecule has 0 aromatic rings. The van der Waals surface area contributed by atoms with Crippen molar-refractivity contribution < 1.29 is 4.12 Å². The first kappa shape index (κ1) is 37.1. The van der Waals surface area contributed by atoms with Gasteiger partial charge in [0.15, 0.2) is 16.6 Å². The molecular weight excluding hydrogens is 529 g/mol. The van der Waals surface area contributed by atoms with Crippen molar-refractivity contribution in [2.24, 2.45) is 11.8 Å². The Balaban J connectivity index is 2.02. The molecule has 240 valence electrons. The van der Waals surface area contributed by atoms with Gasteiger partial charge in [-0.25, -0.2) is 0 Å². The summed E-state index contributed by atoms with van der Waals surface area (Å²) in [6.07, 6.45) is 39.5. The minimum Gasteiger partial charge on any atom is -0.455 e. The van der Waals surface area contributed by atoms with E-state index in [1.54, 1.807) is 11.1 Å². The molecular formula is C38H74OSi2. The summed E-state index contributed by atoms with van der Waals surface area (Å²) in [5.41, 5.74) is 3.49. The SMILES string of the molecule is CC1/C=C(\C[Si](C)(C)O[Si](C)(C)C/C2=C\C(C)CCCCCCCCCCCC2)CCCCCCCCCCCC1. The third-order valence-corrected chi connectivity index (χ3v) is 16.7. The third kappa shape index (κ3) is 19.7. The fourth-order valence-corrected chi connectivity index (χ4v) is 17.1. The molecule has 0 aromatic heterocycles. The molecule has 2 unspecified atom stereocenters. The smallest absolute Gasteiger partial charge is 0.177 e. The molecule has 0 bridgehead atoms. The van der Waals surface area contributed by atoms with Gasteiger partial charge in [0.05, 0.1) is 0 Å². The summed E-state index contributed by atoms with van der Waals surface area (Å²) in [4.78, 5) is 0. The van der Waals surface area contributed by atoms with Crippen molar-refractivity contribution in [2.45, 2.75) is 206 Å². The Kier molecular flexibility index (Phi) is 19.5. The molecule has 2 rings (SSSR count). The maximum absolute atomic E-state index is 7.35. The van der Waals surface area contributed by atoms with Crippen molar-refractivity contribution in [3.8, 4) is 0 Å². The largest absolute Gasteiger partial charge is 0.455 e. The molecule has 0 saturated heterocycles. The Morgan fingerprint density at radius 2 is 0.732 bits per heavy atom. The third-order valence-electron chi connectivity index (χ3n) is 9.71. The minimum absolute atomic E-state index is 0.728. The van der Waals surface area contributed by atoms with Gasteiger partial charge in [-0.15, -0.1) is 0 Å². The van der Waals surface area contributed by atoms with Crippen LogP contribution in [0.15, 0.2) is 23.3 Å². The van der Waals surface area contributed by atoms with Crippen LogP contribution in [0.2, 0.25) is 38.3 Å². The molecule has 3 heteroatoms. The summed E-state index contributed by atoms with van der Waals surface area (Å²) in [5.74, 6) is 1.46. The molecule has 0 amide bonds. The van der Waals surface area contributed by atoms with E-state index in [-0.39, 0.29) is 0 Å². The molecule has 41 heavy (non-hydrogen) atoms. The van der Waals surface area contributed by atoms with E-state index in [0.717, 1.165) is 11.8 Å². The van der Waals surface area contributed by atoms with Crippen molar-refractivity contribution in [3.05, 3.63) is 23.3 Å². The Bertz CT molecular complexity index is 662. The van der Waals surface area contributed by atoms with Gasteiger partial charge in [0.1, 0.15) is 0 Å². The van der Waals surface area contributed by atoms with Crippen LogP contribution in [0.25, 0.3) is 0 Å². The molecule has 0 aliphatic heterocycles. The van der Waals surface area contributed by atoms with Crippen LogP contribution in [-0.4, -0.2) is 16.6 Å².